The van der Waals surface area contributed by atoms with Crippen molar-refractivity contribution < 1.29 is 4.55 Å². The van der Waals surface area contributed by atoms with Gasteiger partial charge in [-0.1, -0.05) is 29.3 Å². The molecule has 2 rings (SSSR count). The number of halogens is 2. The van der Waals surface area contributed by atoms with Crippen molar-refractivity contribution in [3.8, 4) is 0 Å². The van der Waals surface area contributed by atoms with E-state index in [0.29, 0.717) is 20.1 Å². The fraction of sp³-hybridized carbons (Fsp3) is 0. The van der Waals surface area contributed by atoms with Crippen molar-refractivity contribution in [3.63, 3.8) is 0 Å². The Balaban J connectivity index is 2.99. The zero-order chi connectivity index (χ0) is 8.72. The molecule has 0 fully saturated rings. The summed E-state index contributed by atoms with van der Waals surface area (Å²) in [5.41, 5.74) is 0. The van der Waals surface area contributed by atoms with Gasteiger partial charge in [0.15, 0.2) is 10.1 Å². The first kappa shape index (κ1) is 8.32. The highest BCUT2D eigenvalue weighted by molar-refractivity contribution is 7.30. The van der Waals surface area contributed by atoms with Gasteiger partial charge >= 0.3 is 0 Å². The van der Waals surface area contributed by atoms with Crippen molar-refractivity contribution in [1.82, 2.24) is 0 Å². The van der Waals surface area contributed by atoms with Gasteiger partial charge in [0.1, 0.15) is 5.02 Å². The standard InChI is InChI=1S/C8H4Cl2OS/c9-5-2-1-3-7-8(5)6(10)4-12(7)11/h1-4H. The Morgan fingerprint density at radius 3 is 2.58 bits per heavy atom. The van der Waals surface area contributed by atoms with Crippen LogP contribution in [0.15, 0.2) is 23.6 Å². The molecule has 1 unspecified atom stereocenters. The monoisotopic (exact) mass is 218 g/mol. The fourth-order valence-electron chi connectivity index (χ4n) is 1.12. The summed E-state index contributed by atoms with van der Waals surface area (Å²) in [6.45, 7) is 0. The van der Waals surface area contributed by atoms with Gasteiger partial charge in [0, 0.05) is 0 Å². The van der Waals surface area contributed by atoms with Crippen LogP contribution in [0.3, 0.4) is 0 Å². The van der Waals surface area contributed by atoms with Crippen LogP contribution in [0.5, 0.6) is 0 Å². The molecule has 0 saturated carbocycles. The van der Waals surface area contributed by atoms with Crippen LogP contribution >= 0.6 is 34.0 Å². The first-order chi connectivity index (χ1) is 5.70. The molecule has 1 nitrogen and oxygen atoms in total. The second-order valence-corrected chi connectivity index (χ2v) is 4.46. The summed E-state index contributed by atoms with van der Waals surface area (Å²) in [5.74, 6) is 0. The van der Waals surface area contributed by atoms with Gasteiger partial charge in [-0.3, -0.25) is 0 Å². The average Bonchev–Trinajstić information content (AvgIpc) is 2.29. The van der Waals surface area contributed by atoms with Gasteiger partial charge in [0.05, 0.1) is 10.4 Å². The van der Waals surface area contributed by atoms with Gasteiger partial charge in [-0.2, -0.15) is 0 Å². The SMILES string of the molecule is [O-][s+]1cc(Cl)c2c(Cl)cccc21. The predicted octanol–water partition coefficient (Wildman–Crippen LogP) is 3.87. The van der Waals surface area contributed by atoms with Crippen LogP contribution in [0.1, 0.15) is 0 Å². The maximum Gasteiger partial charge on any atom is 0.182 e. The maximum absolute atomic E-state index is 11.3. The van der Waals surface area contributed by atoms with E-state index in [9.17, 15) is 4.55 Å². The van der Waals surface area contributed by atoms with E-state index >= 15 is 0 Å². The summed E-state index contributed by atoms with van der Waals surface area (Å²) in [6.07, 6.45) is 0. The van der Waals surface area contributed by atoms with Gasteiger partial charge in [0.25, 0.3) is 0 Å². The van der Waals surface area contributed by atoms with Crippen LogP contribution in [0.25, 0.3) is 10.1 Å². The molecule has 0 spiro atoms. The van der Waals surface area contributed by atoms with Gasteiger partial charge in [-0.15, -0.1) is 0 Å². The van der Waals surface area contributed by atoms with Crippen LogP contribution in [-0.4, -0.2) is 4.55 Å². The average molecular weight is 219 g/mol. The molecular formula is C8H4Cl2OS. The molecule has 1 aromatic carbocycles. The number of rotatable bonds is 0. The fourth-order valence-corrected chi connectivity index (χ4v) is 3.07. The normalized spacial score (nSPS) is 12.4. The summed E-state index contributed by atoms with van der Waals surface area (Å²) in [7, 11) is -1.12. The Morgan fingerprint density at radius 2 is 1.92 bits per heavy atom. The third-order valence-electron chi connectivity index (χ3n) is 1.64. The molecule has 0 aliphatic heterocycles. The number of fused-ring (bicyclic) bond motifs is 1. The Morgan fingerprint density at radius 1 is 1.17 bits per heavy atom. The number of benzene rings is 1. The van der Waals surface area contributed by atoms with E-state index in [0.717, 1.165) is 0 Å². The molecule has 1 heterocycles. The first-order valence-corrected chi connectivity index (χ1v) is 5.24. The zero-order valence-electron chi connectivity index (χ0n) is 5.88. The largest absolute Gasteiger partial charge is 0.590 e. The van der Waals surface area contributed by atoms with Crippen LogP contribution < -0.4 is 0 Å². The molecule has 0 amide bonds. The Labute approximate surface area is 82.3 Å². The summed E-state index contributed by atoms with van der Waals surface area (Å²) < 4.78 is 12.0. The first-order valence-electron chi connectivity index (χ1n) is 3.27. The lowest BCUT2D eigenvalue weighted by atomic mass is 10.3. The summed E-state index contributed by atoms with van der Waals surface area (Å²) >= 11 is 11.7. The van der Waals surface area contributed by atoms with E-state index in [-0.39, 0.29) is 0 Å². The molecule has 0 N–H and O–H groups in total. The van der Waals surface area contributed by atoms with Crippen molar-refractivity contribution in [1.29, 1.82) is 0 Å². The molecule has 0 radical (unpaired) electrons. The molecule has 62 valence electrons. The minimum absolute atomic E-state index is 0.480. The third kappa shape index (κ3) is 1.12. The quantitative estimate of drug-likeness (QED) is 0.616. The number of hydrogen-bond donors (Lipinski definition) is 0. The van der Waals surface area contributed by atoms with E-state index in [1.54, 1.807) is 18.2 Å². The Hall–Kier alpha value is -0.280. The highest BCUT2D eigenvalue weighted by Gasteiger charge is 2.13. The zero-order valence-corrected chi connectivity index (χ0v) is 8.21. The van der Waals surface area contributed by atoms with Crippen LogP contribution in [-0.2, 0) is 0 Å². The van der Waals surface area contributed by atoms with E-state index in [1.165, 1.54) is 5.38 Å². The lowest BCUT2D eigenvalue weighted by Crippen LogP contribution is -1.66. The third-order valence-corrected chi connectivity index (χ3v) is 3.61. The van der Waals surface area contributed by atoms with Crippen LogP contribution in [0.2, 0.25) is 10.0 Å². The number of thiophene rings is 1. The van der Waals surface area contributed by atoms with Crippen LogP contribution in [0.4, 0.5) is 0 Å². The summed E-state index contributed by atoms with van der Waals surface area (Å²) in [4.78, 5) is 0. The van der Waals surface area contributed by atoms with E-state index < -0.39 is 10.8 Å². The maximum atomic E-state index is 11.3. The van der Waals surface area contributed by atoms with Gasteiger partial charge in [-0.25, -0.2) is 0 Å². The minimum atomic E-state index is -1.12. The van der Waals surface area contributed by atoms with E-state index in [4.69, 9.17) is 23.2 Å². The molecule has 0 aliphatic rings. The van der Waals surface area contributed by atoms with Crippen molar-refractivity contribution in [2.75, 3.05) is 0 Å². The lowest BCUT2D eigenvalue weighted by Gasteiger charge is -1.91. The topological polar surface area (TPSA) is 23.1 Å². The van der Waals surface area contributed by atoms with Crippen molar-refractivity contribution in [2.45, 2.75) is 0 Å². The van der Waals surface area contributed by atoms with Crippen molar-refractivity contribution in [3.05, 3.63) is 33.6 Å². The molecule has 1 aromatic heterocycles. The smallest absolute Gasteiger partial charge is 0.182 e. The molecule has 1 atom stereocenters. The molecule has 0 bridgehead atoms. The Kier molecular flexibility index (Phi) is 2.00. The molecular weight excluding hydrogens is 215 g/mol. The predicted molar refractivity (Wildman–Crippen MR) is 52.6 cm³/mol. The molecule has 4 heteroatoms. The molecule has 0 aliphatic carbocycles. The van der Waals surface area contributed by atoms with Gasteiger partial charge in [0.2, 0.25) is 0 Å². The summed E-state index contributed by atoms with van der Waals surface area (Å²) in [6, 6.07) is 5.27. The van der Waals surface area contributed by atoms with Crippen molar-refractivity contribution in [2.24, 2.45) is 0 Å². The Bertz CT molecular complexity index is 436. The van der Waals surface area contributed by atoms with E-state index in [1.807, 2.05) is 0 Å². The van der Waals surface area contributed by atoms with Crippen molar-refractivity contribution >= 4 is 44.0 Å². The second kappa shape index (κ2) is 2.89. The molecule has 12 heavy (non-hydrogen) atoms. The van der Waals surface area contributed by atoms with Gasteiger partial charge < -0.3 is 4.55 Å². The highest BCUT2D eigenvalue weighted by atomic mass is 35.5. The minimum Gasteiger partial charge on any atom is -0.590 e. The molecule has 0 saturated heterocycles. The van der Waals surface area contributed by atoms with Gasteiger partial charge in [-0.05, 0) is 22.9 Å². The second-order valence-electron chi connectivity index (χ2n) is 2.38. The van der Waals surface area contributed by atoms with Crippen LogP contribution in [0, 0.1) is 0 Å². The summed E-state index contributed by atoms with van der Waals surface area (Å²) in [5, 5.41) is 3.24. The molecule has 2 aromatic rings. The van der Waals surface area contributed by atoms with E-state index in [2.05, 4.69) is 0 Å². The number of hydrogen-bond acceptors (Lipinski definition) is 1. The lowest BCUT2D eigenvalue weighted by molar-refractivity contribution is 0.600. The highest BCUT2D eigenvalue weighted by Crippen LogP contribution is 2.39.